The Hall–Kier alpha value is -0.900. The van der Waals surface area contributed by atoms with E-state index < -0.39 is 0 Å². The van der Waals surface area contributed by atoms with Crippen LogP contribution < -0.4 is 5.73 Å². The molecule has 1 aromatic heterocycles. The molecular weight excluding hydrogens is 164 g/mol. The van der Waals surface area contributed by atoms with Crippen molar-refractivity contribution in [3.05, 3.63) is 11.6 Å². The van der Waals surface area contributed by atoms with Crippen molar-refractivity contribution in [1.82, 2.24) is 14.8 Å². The lowest BCUT2D eigenvalue weighted by molar-refractivity contribution is 0.468. The van der Waals surface area contributed by atoms with Crippen LogP contribution in [0.25, 0.3) is 0 Å². The molecule has 0 radical (unpaired) electrons. The molecule has 0 spiro atoms. The van der Waals surface area contributed by atoms with E-state index in [2.05, 4.69) is 28.6 Å². The van der Waals surface area contributed by atoms with Crippen molar-refractivity contribution in [3.63, 3.8) is 0 Å². The lowest BCUT2D eigenvalue weighted by Gasteiger charge is -2.14. The number of aryl methyl sites for hydroxylation is 1. The Kier molecular flexibility index (Phi) is 2.07. The van der Waals surface area contributed by atoms with Gasteiger partial charge in [0, 0.05) is 13.0 Å². The highest BCUT2D eigenvalue weighted by Gasteiger charge is 2.22. The van der Waals surface area contributed by atoms with Crippen molar-refractivity contribution < 1.29 is 0 Å². The Morgan fingerprint density at radius 2 is 2.15 bits per heavy atom. The SMILES string of the molecule is CC(C)[C@H](N)c1nnc2n1CCC2. The van der Waals surface area contributed by atoms with Gasteiger partial charge in [0.1, 0.15) is 11.6 Å². The van der Waals surface area contributed by atoms with Crippen LogP contribution >= 0.6 is 0 Å². The fourth-order valence-corrected chi connectivity index (χ4v) is 1.72. The minimum atomic E-state index is 0.0272. The normalized spacial score (nSPS) is 17.8. The van der Waals surface area contributed by atoms with Gasteiger partial charge in [-0.3, -0.25) is 0 Å². The summed E-state index contributed by atoms with van der Waals surface area (Å²) < 4.78 is 2.17. The second-order valence-corrected chi connectivity index (χ2v) is 4.00. The molecule has 2 N–H and O–H groups in total. The molecule has 1 aromatic rings. The third-order valence-corrected chi connectivity index (χ3v) is 2.65. The van der Waals surface area contributed by atoms with E-state index in [4.69, 9.17) is 5.73 Å². The van der Waals surface area contributed by atoms with Crippen LogP contribution in [0.1, 0.15) is 38.0 Å². The average molecular weight is 180 g/mol. The van der Waals surface area contributed by atoms with Crippen LogP contribution in [-0.4, -0.2) is 14.8 Å². The second kappa shape index (κ2) is 3.10. The first-order chi connectivity index (χ1) is 6.20. The quantitative estimate of drug-likeness (QED) is 0.735. The highest BCUT2D eigenvalue weighted by molar-refractivity contribution is 5.04. The predicted octanol–water partition coefficient (Wildman–Crippen LogP) is 0.880. The smallest absolute Gasteiger partial charge is 0.150 e. The molecule has 4 heteroatoms. The minimum Gasteiger partial charge on any atom is -0.321 e. The predicted molar refractivity (Wildman–Crippen MR) is 50.1 cm³/mol. The Morgan fingerprint density at radius 3 is 2.85 bits per heavy atom. The van der Waals surface area contributed by atoms with E-state index in [0.29, 0.717) is 5.92 Å². The number of nitrogens with two attached hydrogens (primary N) is 1. The summed E-state index contributed by atoms with van der Waals surface area (Å²) in [6.45, 7) is 5.26. The van der Waals surface area contributed by atoms with Crippen molar-refractivity contribution in [2.45, 2.75) is 39.3 Å². The molecule has 0 amide bonds. The number of hydrogen-bond donors (Lipinski definition) is 1. The molecule has 0 unspecified atom stereocenters. The Balaban J connectivity index is 2.30. The Bertz CT molecular complexity index is 303. The van der Waals surface area contributed by atoms with Crippen molar-refractivity contribution in [2.75, 3.05) is 0 Å². The summed E-state index contributed by atoms with van der Waals surface area (Å²) in [5, 5.41) is 8.28. The number of nitrogens with zero attached hydrogens (tertiary/aromatic N) is 3. The van der Waals surface area contributed by atoms with Crippen molar-refractivity contribution in [3.8, 4) is 0 Å². The van der Waals surface area contributed by atoms with Gasteiger partial charge in [0.25, 0.3) is 0 Å². The molecule has 13 heavy (non-hydrogen) atoms. The minimum absolute atomic E-state index is 0.0272. The molecule has 0 saturated heterocycles. The lowest BCUT2D eigenvalue weighted by Crippen LogP contribution is -2.21. The topological polar surface area (TPSA) is 56.7 Å². The standard InChI is InChI=1S/C9H16N4/c1-6(2)8(10)9-12-11-7-4-3-5-13(7)9/h6,8H,3-5,10H2,1-2H3/t8-/m0/s1. The van der Waals surface area contributed by atoms with Gasteiger partial charge in [-0.15, -0.1) is 10.2 Å². The maximum atomic E-state index is 6.03. The highest BCUT2D eigenvalue weighted by atomic mass is 15.3. The van der Waals surface area contributed by atoms with Gasteiger partial charge in [-0.25, -0.2) is 0 Å². The highest BCUT2D eigenvalue weighted by Crippen LogP contribution is 2.21. The van der Waals surface area contributed by atoms with Crippen LogP contribution in [0.2, 0.25) is 0 Å². The number of rotatable bonds is 2. The van der Waals surface area contributed by atoms with Crippen LogP contribution in [0.5, 0.6) is 0 Å². The van der Waals surface area contributed by atoms with E-state index in [-0.39, 0.29) is 6.04 Å². The monoisotopic (exact) mass is 180 g/mol. The van der Waals surface area contributed by atoms with Gasteiger partial charge < -0.3 is 10.3 Å². The molecule has 0 aromatic carbocycles. The van der Waals surface area contributed by atoms with Gasteiger partial charge in [-0.2, -0.15) is 0 Å². The average Bonchev–Trinajstić information content (AvgIpc) is 2.61. The number of fused-ring (bicyclic) bond motifs is 1. The first-order valence-electron chi connectivity index (χ1n) is 4.87. The van der Waals surface area contributed by atoms with E-state index in [1.807, 2.05) is 0 Å². The van der Waals surface area contributed by atoms with Crippen LogP contribution in [0.15, 0.2) is 0 Å². The maximum absolute atomic E-state index is 6.03. The van der Waals surface area contributed by atoms with Crippen LogP contribution in [0.3, 0.4) is 0 Å². The number of hydrogen-bond acceptors (Lipinski definition) is 3. The van der Waals surface area contributed by atoms with Gasteiger partial charge in [-0.05, 0) is 12.3 Å². The molecule has 4 nitrogen and oxygen atoms in total. The van der Waals surface area contributed by atoms with Gasteiger partial charge in [0.15, 0.2) is 0 Å². The molecule has 0 saturated carbocycles. The third kappa shape index (κ3) is 1.35. The summed E-state index contributed by atoms with van der Waals surface area (Å²) in [5.74, 6) is 2.49. The molecule has 72 valence electrons. The van der Waals surface area contributed by atoms with Crippen LogP contribution in [-0.2, 0) is 13.0 Å². The largest absolute Gasteiger partial charge is 0.321 e. The molecule has 1 aliphatic heterocycles. The molecule has 0 fully saturated rings. The van der Waals surface area contributed by atoms with Crippen molar-refractivity contribution >= 4 is 0 Å². The fourth-order valence-electron chi connectivity index (χ4n) is 1.72. The zero-order valence-corrected chi connectivity index (χ0v) is 8.20. The van der Waals surface area contributed by atoms with Gasteiger partial charge in [0.2, 0.25) is 0 Å². The zero-order chi connectivity index (χ0) is 9.42. The summed E-state index contributed by atoms with van der Waals surface area (Å²) in [6.07, 6.45) is 2.24. The molecule has 1 aliphatic rings. The number of aromatic nitrogens is 3. The summed E-state index contributed by atoms with van der Waals surface area (Å²) in [5.41, 5.74) is 6.03. The molecule has 1 atom stereocenters. The molecule has 2 rings (SSSR count). The van der Waals surface area contributed by atoms with Gasteiger partial charge >= 0.3 is 0 Å². The van der Waals surface area contributed by atoms with Crippen molar-refractivity contribution in [2.24, 2.45) is 11.7 Å². The summed E-state index contributed by atoms with van der Waals surface area (Å²) in [7, 11) is 0. The molecule has 0 bridgehead atoms. The second-order valence-electron chi connectivity index (χ2n) is 4.00. The lowest BCUT2D eigenvalue weighted by atomic mass is 10.1. The van der Waals surface area contributed by atoms with Crippen LogP contribution in [0, 0.1) is 5.92 Å². The maximum Gasteiger partial charge on any atom is 0.150 e. The zero-order valence-electron chi connectivity index (χ0n) is 8.20. The van der Waals surface area contributed by atoms with E-state index in [9.17, 15) is 0 Å². The van der Waals surface area contributed by atoms with Crippen molar-refractivity contribution in [1.29, 1.82) is 0 Å². The Labute approximate surface area is 78.1 Å². The van der Waals surface area contributed by atoms with E-state index in [1.165, 1.54) is 6.42 Å². The summed E-state index contributed by atoms with van der Waals surface area (Å²) in [4.78, 5) is 0. The fraction of sp³-hybridized carbons (Fsp3) is 0.778. The first kappa shape index (κ1) is 8.69. The van der Waals surface area contributed by atoms with Gasteiger partial charge in [-0.1, -0.05) is 13.8 Å². The van der Waals surface area contributed by atoms with E-state index in [0.717, 1.165) is 24.6 Å². The van der Waals surface area contributed by atoms with Crippen LogP contribution in [0.4, 0.5) is 0 Å². The van der Waals surface area contributed by atoms with E-state index in [1.54, 1.807) is 0 Å². The molecule has 2 heterocycles. The first-order valence-corrected chi connectivity index (χ1v) is 4.87. The summed E-state index contributed by atoms with van der Waals surface area (Å²) in [6, 6.07) is 0.0272. The van der Waals surface area contributed by atoms with Gasteiger partial charge in [0.05, 0.1) is 6.04 Å². The molecular formula is C9H16N4. The summed E-state index contributed by atoms with van der Waals surface area (Å²) >= 11 is 0. The molecule has 0 aliphatic carbocycles. The Morgan fingerprint density at radius 1 is 1.38 bits per heavy atom. The van der Waals surface area contributed by atoms with E-state index >= 15 is 0 Å². The third-order valence-electron chi connectivity index (χ3n) is 2.65.